The van der Waals surface area contributed by atoms with E-state index in [0.29, 0.717) is 0 Å². The summed E-state index contributed by atoms with van der Waals surface area (Å²) in [5, 5.41) is 0. The molecule has 20 heavy (non-hydrogen) atoms. The van der Waals surface area contributed by atoms with Crippen molar-refractivity contribution >= 4 is 37.5 Å². The molecule has 2 aromatic rings. The second kappa shape index (κ2) is 5.37. The van der Waals surface area contributed by atoms with Gasteiger partial charge in [0, 0.05) is 11.9 Å². The van der Waals surface area contributed by atoms with Gasteiger partial charge in [-0.1, -0.05) is 6.07 Å². The number of rotatable bonds is 3. The fourth-order valence-corrected chi connectivity index (χ4v) is 3.25. The molecule has 2 rings (SSSR count). The van der Waals surface area contributed by atoms with Crippen LogP contribution in [0.5, 0.6) is 0 Å². The van der Waals surface area contributed by atoms with Crippen molar-refractivity contribution in [2.24, 2.45) is 0 Å². The topological polar surface area (TPSA) is 85.1 Å². The van der Waals surface area contributed by atoms with Crippen molar-refractivity contribution in [2.75, 3.05) is 10.5 Å². The lowest BCUT2D eigenvalue weighted by atomic mass is 10.3. The van der Waals surface area contributed by atoms with Crippen molar-refractivity contribution in [1.29, 1.82) is 0 Å². The van der Waals surface area contributed by atoms with Crippen LogP contribution in [-0.4, -0.2) is 13.4 Å². The Hall–Kier alpha value is -1.67. The molecule has 0 saturated heterocycles. The Bertz CT molecular complexity index is 748. The Labute approximate surface area is 124 Å². The van der Waals surface area contributed by atoms with Gasteiger partial charge in [-0.25, -0.2) is 17.8 Å². The molecule has 0 saturated carbocycles. The monoisotopic (exact) mass is 359 g/mol. The van der Waals surface area contributed by atoms with Crippen LogP contribution in [0.3, 0.4) is 0 Å². The molecule has 0 unspecified atom stereocenters. The molecule has 1 heterocycles. The summed E-state index contributed by atoms with van der Waals surface area (Å²) in [6, 6.07) is 5.53. The zero-order valence-corrected chi connectivity index (χ0v) is 12.8. The highest BCUT2D eigenvalue weighted by molar-refractivity contribution is 9.10. The Morgan fingerprint density at radius 2 is 2.05 bits per heavy atom. The maximum atomic E-state index is 13.9. The van der Waals surface area contributed by atoms with Crippen LogP contribution < -0.4 is 10.5 Å². The molecule has 0 aliphatic rings. The largest absolute Gasteiger partial charge is 0.399 e. The number of aryl methyl sites for hydroxylation is 1. The molecule has 106 valence electrons. The van der Waals surface area contributed by atoms with Gasteiger partial charge in [0.15, 0.2) is 5.82 Å². The van der Waals surface area contributed by atoms with Crippen LogP contribution in [0.2, 0.25) is 0 Å². The number of anilines is 2. The minimum atomic E-state index is -4.10. The highest BCUT2D eigenvalue weighted by atomic mass is 79.9. The molecule has 3 N–H and O–H groups in total. The van der Waals surface area contributed by atoms with Gasteiger partial charge in [-0.2, -0.15) is 0 Å². The van der Waals surface area contributed by atoms with Crippen LogP contribution in [0.1, 0.15) is 5.56 Å². The highest BCUT2D eigenvalue weighted by Gasteiger charge is 2.22. The Kier molecular flexibility index (Phi) is 3.96. The summed E-state index contributed by atoms with van der Waals surface area (Å²) in [4.78, 5) is 3.37. The van der Waals surface area contributed by atoms with Crippen LogP contribution >= 0.6 is 15.9 Å². The third-order valence-corrected chi connectivity index (χ3v) is 4.39. The van der Waals surface area contributed by atoms with E-state index in [1.165, 1.54) is 18.3 Å². The number of nitrogens with one attached hydrogen (secondary N) is 1. The maximum absolute atomic E-state index is 13.9. The molecule has 0 aliphatic carbocycles. The molecule has 0 aliphatic heterocycles. The number of benzene rings is 1. The fourth-order valence-electron chi connectivity index (χ4n) is 1.50. The zero-order valence-electron chi connectivity index (χ0n) is 10.4. The van der Waals surface area contributed by atoms with Crippen molar-refractivity contribution in [1.82, 2.24) is 4.98 Å². The van der Waals surface area contributed by atoms with E-state index in [4.69, 9.17) is 5.73 Å². The van der Waals surface area contributed by atoms with E-state index in [1.807, 2.05) is 6.92 Å². The summed E-state index contributed by atoms with van der Waals surface area (Å²) >= 11 is 2.92. The lowest BCUT2D eigenvalue weighted by Gasteiger charge is -2.10. The zero-order chi connectivity index (χ0) is 14.9. The van der Waals surface area contributed by atoms with Gasteiger partial charge in [0.05, 0.1) is 4.47 Å². The summed E-state index contributed by atoms with van der Waals surface area (Å²) < 4.78 is 40.4. The predicted molar refractivity (Wildman–Crippen MR) is 78.3 cm³/mol. The van der Waals surface area contributed by atoms with E-state index in [0.717, 1.165) is 11.6 Å². The van der Waals surface area contributed by atoms with Gasteiger partial charge in [-0.05, 0) is 46.6 Å². The van der Waals surface area contributed by atoms with Crippen LogP contribution in [0.25, 0.3) is 0 Å². The molecular weight excluding hydrogens is 349 g/mol. The van der Waals surface area contributed by atoms with Gasteiger partial charge in [0.25, 0.3) is 10.0 Å². The molecular formula is C12H11BrFN3O2S. The molecule has 5 nitrogen and oxygen atoms in total. The summed E-state index contributed by atoms with van der Waals surface area (Å²) in [5.41, 5.74) is 6.55. The molecule has 0 radical (unpaired) electrons. The van der Waals surface area contributed by atoms with Crippen LogP contribution in [-0.2, 0) is 10.0 Å². The van der Waals surface area contributed by atoms with E-state index < -0.39 is 20.7 Å². The first-order chi connectivity index (χ1) is 9.29. The van der Waals surface area contributed by atoms with Crippen molar-refractivity contribution < 1.29 is 12.8 Å². The standard InChI is InChI=1S/C12H11BrFN3O2S/c1-7-2-3-11(16-6-7)17-20(18,19)10-5-8(15)4-9(13)12(10)14/h2-6H,15H2,1H3,(H,16,17). The van der Waals surface area contributed by atoms with E-state index in [2.05, 4.69) is 25.6 Å². The minimum absolute atomic E-state index is 0.0188. The number of sulfonamides is 1. The lowest BCUT2D eigenvalue weighted by Crippen LogP contribution is -2.16. The third-order valence-electron chi connectivity index (χ3n) is 2.46. The van der Waals surface area contributed by atoms with E-state index in [9.17, 15) is 12.8 Å². The Morgan fingerprint density at radius 3 is 2.65 bits per heavy atom. The molecule has 0 atom stereocenters. The quantitative estimate of drug-likeness (QED) is 0.825. The van der Waals surface area contributed by atoms with Crippen LogP contribution in [0.4, 0.5) is 15.9 Å². The lowest BCUT2D eigenvalue weighted by molar-refractivity contribution is 0.566. The van der Waals surface area contributed by atoms with Gasteiger partial charge < -0.3 is 5.73 Å². The first kappa shape index (κ1) is 14.7. The molecule has 1 aromatic heterocycles. The van der Waals surface area contributed by atoms with Crippen molar-refractivity contribution in [3.63, 3.8) is 0 Å². The van der Waals surface area contributed by atoms with E-state index >= 15 is 0 Å². The number of nitrogens with zero attached hydrogens (tertiary/aromatic N) is 1. The second-order valence-corrected chi connectivity index (χ2v) is 6.65. The van der Waals surface area contributed by atoms with Crippen LogP contribution in [0.15, 0.2) is 39.8 Å². The first-order valence-electron chi connectivity index (χ1n) is 5.49. The average molecular weight is 360 g/mol. The van der Waals surface area contributed by atoms with Crippen LogP contribution in [0, 0.1) is 12.7 Å². The number of nitrogens with two attached hydrogens (primary N) is 1. The van der Waals surface area contributed by atoms with E-state index in [1.54, 1.807) is 6.07 Å². The fraction of sp³-hybridized carbons (Fsp3) is 0.0833. The third kappa shape index (κ3) is 3.07. The van der Waals surface area contributed by atoms with Crippen molar-refractivity contribution in [2.45, 2.75) is 11.8 Å². The van der Waals surface area contributed by atoms with Crippen molar-refractivity contribution in [3.05, 3.63) is 46.3 Å². The summed E-state index contributed by atoms with van der Waals surface area (Å²) in [7, 11) is -4.10. The number of hydrogen-bond acceptors (Lipinski definition) is 4. The van der Waals surface area contributed by atoms with Crippen molar-refractivity contribution in [3.8, 4) is 0 Å². The van der Waals surface area contributed by atoms with Gasteiger partial charge in [0.2, 0.25) is 0 Å². The number of hydrogen-bond donors (Lipinski definition) is 2. The number of halogens is 2. The molecule has 1 aromatic carbocycles. The SMILES string of the molecule is Cc1ccc(NS(=O)(=O)c2cc(N)cc(Br)c2F)nc1. The predicted octanol–water partition coefficient (Wildman–Crippen LogP) is 2.67. The molecule has 0 bridgehead atoms. The van der Waals surface area contributed by atoms with Gasteiger partial charge >= 0.3 is 0 Å². The number of pyridine rings is 1. The van der Waals surface area contributed by atoms with E-state index in [-0.39, 0.29) is 16.0 Å². The molecule has 8 heteroatoms. The number of nitrogen functional groups attached to an aromatic ring is 1. The van der Waals surface area contributed by atoms with Gasteiger partial charge in [-0.3, -0.25) is 4.72 Å². The highest BCUT2D eigenvalue weighted by Crippen LogP contribution is 2.27. The number of aromatic nitrogens is 1. The summed E-state index contributed by atoms with van der Waals surface area (Å²) in [6.45, 7) is 1.82. The summed E-state index contributed by atoms with van der Waals surface area (Å²) in [5.74, 6) is -0.799. The normalized spacial score (nSPS) is 11.3. The first-order valence-corrected chi connectivity index (χ1v) is 7.77. The average Bonchev–Trinajstić information content (AvgIpc) is 2.36. The second-order valence-electron chi connectivity index (χ2n) is 4.14. The Morgan fingerprint density at radius 1 is 1.35 bits per heavy atom. The smallest absolute Gasteiger partial charge is 0.266 e. The van der Waals surface area contributed by atoms with Gasteiger partial charge in [0.1, 0.15) is 10.7 Å². The minimum Gasteiger partial charge on any atom is -0.399 e. The molecule has 0 amide bonds. The maximum Gasteiger partial charge on any atom is 0.266 e. The molecule has 0 fully saturated rings. The van der Waals surface area contributed by atoms with Gasteiger partial charge in [-0.15, -0.1) is 0 Å². The Balaban J connectivity index is 2.43. The molecule has 0 spiro atoms. The summed E-state index contributed by atoms with van der Waals surface area (Å²) in [6.07, 6.45) is 1.50.